The van der Waals surface area contributed by atoms with E-state index in [1.807, 2.05) is 90.2 Å². The zero-order chi connectivity index (χ0) is 37.7. The standard InChI is InChI=1S/C51H32N4OS/c1-4-14-34(15-5-1)49-52-50(35-16-6-2-7-17-35)54-51(53-49)43-30-36(31-45-48(43)42-21-10-12-22-44(42)56-45)33-24-26-38(27-25-33)55(37-18-8-3-9-19-37)39-28-29-41-40-20-11-13-23-46(40)57-47(41)32-39/h1-32H. The summed E-state index contributed by atoms with van der Waals surface area (Å²) in [4.78, 5) is 17.6. The summed E-state index contributed by atoms with van der Waals surface area (Å²) in [5, 5.41) is 4.57. The van der Waals surface area contributed by atoms with Gasteiger partial charge in [0.15, 0.2) is 17.5 Å². The Bertz CT molecular complexity index is 3170. The average molecular weight is 749 g/mol. The first kappa shape index (κ1) is 33.0. The lowest BCUT2D eigenvalue weighted by molar-refractivity contribution is 0.669. The maximum atomic E-state index is 6.56. The molecule has 268 valence electrons. The maximum absolute atomic E-state index is 6.56. The molecule has 0 aliphatic carbocycles. The summed E-state index contributed by atoms with van der Waals surface area (Å²) >= 11 is 1.83. The molecule has 11 rings (SSSR count). The molecule has 0 saturated carbocycles. The van der Waals surface area contributed by atoms with Crippen molar-refractivity contribution in [3.8, 4) is 45.3 Å². The van der Waals surface area contributed by atoms with Crippen molar-refractivity contribution in [2.75, 3.05) is 4.90 Å². The van der Waals surface area contributed by atoms with E-state index in [9.17, 15) is 0 Å². The van der Waals surface area contributed by atoms with Crippen LogP contribution < -0.4 is 4.90 Å². The molecule has 8 aromatic carbocycles. The molecule has 0 fully saturated rings. The fraction of sp³-hybridized carbons (Fsp3) is 0. The number of aromatic nitrogens is 3. The zero-order valence-electron chi connectivity index (χ0n) is 30.6. The first-order valence-corrected chi connectivity index (χ1v) is 19.7. The van der Waals surface area contributed by atoms with Crippen molar-refractivity contribution < 1.29 is 4.42 Å². The lowest BCUT2D eigenvalue weighted by Gasteiger charge is -2.25. The van der Waals surface area contributed by atoms with Crippen molar-refractivity contribution in [2.24, 2.45) is 0 Å². The predicted molar refractivity (Wildman–Crippen MR) is 236 cm³/mol. The number of nitrogens with zero attached hydrogens (tertiary/aromatic N) is 4. The minimum atomic E-state index is 0.588. The highest BCUT2D eigenvalue weighted by molar-refractivity contribution is 7.25. The van der Waals surface area contributed by atoms with Crippen LogP contribution in [0.15, 0.2) is 199 Å². The second-order valence-corrected chi connectivity index (χ2v) is 15.1. The summed E-state index contributed by atoms with van der Waals surface area (Å²) in [5.74, 6) is 1.82. The third-order valence-electron chi connectivity index (χ3n) is 10.5. The molecule has 57 heavy (non-hydrogen) atoms. The smallest absolute Gasteiger partial charge is 0.164 e. The van der Waals surface area contributed by atoms with Gasteiger partial charge in [-0.05, 0) is 71.8 Å². The fourth-order valence-electron chi connectivity index (χ4n) is 7.81. The molecule has 0 bridgehead atoms. The van der Waals surface area contributed by atoms with Gasteiger partial charge in [0.2, 0.25) is 0 Å². The molecule has 6 heteroatoms. The van der Waals surface area contributed by atoms with E-state index in [4.69, 9.17) is 19.4 Å². The van der Waals surface area contributed by atoms with Gasteiger partial charge in [-0.2, -0.15) is 0 Å². The second kappa shape index (κ2) is 13.7. The molecule has 0 radical (unpaired) electrons. The molecule has 3 aromatic heterocycles. The Morgan fingerprint density at radius 3 is 1.65 bits per heavy atom. The number of rotatable bonds is 7. The van der Waals surface area contributed by atoms with E-state index >= 15 is 0 Å². The van der Waals surface area contributed by atoms with Crippen LogP contribution in [0.1, 0.15) is 0 Å². The normalized spacial score (nSPS) is 11.5. The number of para-hydroxylation sites is 2. The van der Waals surface area contributed by atoms with Crippen molar-refractivity contribution >= 4 is 70.5 Å². The van der Waals surface area contributed by atoms with Gasteiger partial charge in [0.05, 0.1) is 0 Å². The number of anilines is 3. The Morgan fingerprint density at radius 1 is 0.368 bits per heavy atom. The molecule has 0 saturated heterocycles. The van der Waals surface area contributed by atoms with Gasteiger partial charge in [0, 0.05) is 64.7 Å². The topological polar surface area (TPSA) is 55.1 Å². The molecule has 11 aromatic rings. The van der Waals surface area contributed by atoms with E-state index in [2.05, 4.69) is 120 Å². The second-order valence-electron chi connectivity index (χ2n) is 14.0. The minimum absolute atomic E-state index is 0.588. The lowest BCUT2D eigenvalue weighted by Crippen LogP contribution is -2.09. The molecule has 0 unspecified atom stereocenters. The molecular weight excluding hydrogens is 717 g/mol. The molecule has 0 amide bonds. The summed E-state index contributed by atoms with van der Waals surface area (Å²) in [6, 6.07) is 67.4. The number of thiophene rings is 1. The average Bonchev–Trinajstić information content (AvgIpc) is 3.85. The number of fused-ring (bicyclic) bond motifs is 6. The van der Waals surface area contributed by atoms with Crippen LogP contribution in [-0.2, 0) is 0 Å². The summed E-state index contributed by atoms with van der Waals surface area (Å²) in [6.07, 6.45) is 0. The van der Waals surface area contributed by atoms with Crippen molar-refractivity contribution in [1.29, 1.82) is 0 Å². The van der Waals surface area contributed by atoms with Gasteiger partial charge in [-0.3, -0.25) is 0 Å². The zero-order valence-corrected chi connectivity index (χ0v) is 31.4. The first-order chi connectivity index (χ1) is 28.2. The van der Waals surface area contributed by atoms with Crippen molar-refractivity contribution in [1.82, 2.24) is 15.0 Å². The number of furan rings is 1. The van der Waals surface area contributed by atoms with E-state index in [0.29, 0.717) is 17.5 Å². The third kappa shape index (κ3) is 5.91. The van der Waals surface area contributed by atoms with Gasteiger partial charge >= 0.3 is 0 Å². The largest absolute Gasteiger partial charge is 0.456 e. The van der Waals surface area contributed by atoms with Crippen LogP contribution in [0.4, 0.5) is 17.1 Å². The minimum Gasteiger partial charge on any atom is -0.456 e. The Balaban J connectivity index is 1.06. The Morgan fingerprint density at radius 2 is 0.930 bits per heavy atom. The highest BCUT2D eigenvalue weighted by atomic mass is 32.1. The SMILES string of the molecule is c1ccc(-c2nc(-c3ccccc3)nc(-c3cc(-c4ccc(N(c5ccccc5)c5ccc6c(c5)sc5ccccc56)cc4)cc4oc5ccccc5c34)n2)cc1. The maximum Gasteiger partial charge on any atom is 0.164 e. The van der Waals surface area contributed by atoms with Crippen LogP contribution in [0.3, 0.4) is 0 Å². The predicted octanol–water partition coefficient (Wildman–Crippen LogP) is 14.3. The molecule has 3 heterocycles. The van der Waals surface area contributed by atoms with E-state index in [1.165, 1.54) is 20.2 Å². The summed E-state index contributed by atoms with van der Waals surface area (Å²) in [6.45, 7) is 0. The number of hydrogen-bond acceptors (Lipinski definition) is 6. The summed E-state index contributed by atoms with van der Waals surface area (Å²) in [7, 11) is 0. The van der Waals surface area contributed by atoms with E-state index < -0.39 is 0 Å². The Kier molecular flexibility index (Phi) is 7.93. The van der Waals surface area contributed by atoms with E-state index in [-0.39, 0.29) is 0 Å². The van der Waals surface area contributed by atoms with Crippen LogP contribution in [0.25, 0.3) is 87.4 Å². The number of hydrogen-bond donors (Lipinski definition) is 0. The first-order valence-electron chi connectivity index (χ1n) is 18.9. The van der Waals surface area contributed by atoms with Gasteiger partial charge in [-0.1, -0.05) is 133 Å². The molecule has 0 spiro atoms. The summed E-state index contributed by atoms with van der Waals surface area (Å²) < 4.78 is 9.13. The van der Waals surface area contributed by atoms with Crippen LogP contribution in [0.2, 0.25) is 0 Å². The van der Waals surface area contributed by atoms with Crippen molar-refractivity contribution in [3.63, 3.8) is 0 Å². The fourth-order valence-corrected chi connectivity index (χ4v) is 8.95. The van der Waals surface area contributed by atoms with Gasteiger partial charge in [-0.15, -0.1) is 11.3 Å². The molecule has 5 nitrogen and oxygen atoms in total. The monoisotopic (exact) mass is 748 g/mol. The van der Waals surface area contributed by atoms with E-state index in [0.717, 1.165) is 66.8 Å². The molecular formula is C51H32N4OS. The van der Waals surface area contributed by atoms with Gasteiger partial charge in [0.25, 0.3) is 0 Å². The van der Waals surface area contributed by atoms with Crippen LogP contribution in [0.5, 0.6) is 0 Å². The van der Waals surface area contributed by atoms with E-state index in [1.54, 1.807) is 0 Å². The molecule has 0 aliphatic heterocycles. The quantitative estimate of drug-likeness (QED) is 0.162. The van der Waals surface area contributed by atoms with Crippen LogP contribution >= 0.6 is 11.3 Å². The highest BCUT2D eigenvalue weighted by Crippen LogP contribution is 2.43. The lowest BCUT2D eigenvalue weighted by atomic mass is 9.97. The third-order valence-corrected chi connectivity index (χ3v) is 11.6. The summed E-state index contributed by atoms with van der Waals surface area (Å²) in [5.41, 5.74) is 9.64. The molecule has 0 atom stereocenters. The van der Waals surface area contributed by atoms with Gasteiger partial charge in [0.1, 0.15) is 11.2 Å². The van der Waals surface area contributed by atoms with Gasteiger partial charge < -0.3 is 9.32 Å². The van der Waals surface area contributed by atoms with Gasteiger partial charge in [-0.25, -0.2) is 15.0 Å². The van der Waals surface area contributed by atoms with Crippen molar-refractivity contribution in [3.05, 3.63) is 194 Å². The highest BCUT2D eigenvalue weighted by Gasteiger charge is 2.20. The molecule has 0 aliphatic rings. The Hall–Kier alpha value is -7.41. The Labute approximate surface area is 332 Å². The van der Waals surface area contributed by atoms with Crippen molar-refractivity contribution in [2.45, 2.75) is 0 Å². The van der Waals surface area contributed by atoms with Crippen LogP contribution in [0, 0.1) is 0 Å². The molecule has 0 N–H and O–H groups in total. The van der Waals surface area contributed by atoms with Crippen LogP contribution in [-0.4, -0.2) is 15.0 Å². The number of benzene rings is 8.